The van der Waals surface area contributed by atoms with Gasteiger partial charge in [-0.15, -0.1) is 0 Å². The quantitative estimate of drug-likeness (QED) is 0.722. The van der Waals surface area contributed by atoms with Gasteiger partial charge in [-0.25, -0.2) is 0 Å². The average Bonchev–Trinajstić information content (AvgIpc) is 2.26. The molecule has 15 heavy (non-hydrogen) atoms. The summed E-state index contributed by atoms with van der Waals surface area (Å²) in [5.41, 5.74) is 2.39. The summed E-state index contributed by atoms with van der Waals surface area (Å²) in [6.45, 7) is 4.34. The topological polar surface area (TPSA) is 17.1 Å². The first kappa shape index (κ1) is 12.1. The van der Waals surface area contributed by atoms with Crippen molar-refractivity contribution >= 4 is 23.0 Å². The van der Waals surface area contributed by atoms with Crippen LogP contribution in [0.4, 0.5) is 0 Å². The Morgan fingerprint density at radius 2 is 1.87 bits per heavy atom. The zero-order valence-electron chi connectivity index (χ0n) is 9.36. The van der Waals surface area contributed by atoms with Gasteiger partial charge in [0.1, 0.15) is 0 Å². The van der Waals surface area contributed by atoms with Crippen molar-refractivity contribution in [2.45, 2.75) is 19.8 Å². The van der Waals surface area contributed by atoms with Gasteiger partial charge >= 0.3 is 0 Å². The molecule has 1 rings (SSSR count). The highest BCUT2D eigenvalue weighted by molar-refractivity contribution is 8.13. The van der Waals surface area contributed by atoms with Gasteiger partial charge in [0.05, 0.1) is 0 Å². The van der Waals surface area contributed by atoms with Crippen molar-refractivity contribution in [3.8, 4) is 0 Å². The minimum Gasteiger partial charge on any atom is -0.282 e. The average molecular weight is 220 g/mol. The van der Waals surface area contributed by atoms with E-state index in [-0.39, 0.29) is 5.12 Å². The monoisotopic (exact) mass is 220 g/mol. The molecular weight excluding hydrogens is 204 g/mol. The predicted molar refractivity (Wildman–Crippen MR) is 68.1 cm³/mol. The van der Waals surface area contributed by atoms with E-state index >= 15 is 0 Å². The molecule has 0 aliphatic carbocycles. The Kier molecular flexibility index (Phi) is 4.63. The minimum absolute atomic E-state index is 0.0861. The summed E-state index contributed by atoms with van der Waals surface area (Å²) in [5, 5.41) is 0.0861. The number of hydrogen-bond acceptors (Lipinski definition) is 2. The lowest BCUT2D eigenvalue weighted by molar-refractivity contribution is -0.106. The smallest absolute Gasteiger partial charge is 0.211 e. The number of hydrogen-bond donors (Lipinski definition) is 0. The SMILES string of the molecule is CSC(=O)/C=C/c1ccc(C(C)C)cc1. The molecule has 80 valence electrons. The van der Waals surface area contributed by atoms with E-state index in [4.69, 9.17) is 0 Å². The fourth-order valence-corrected chi connectivity index (χ4v) is 1.43. The number of benzene rings is 1. The first-order valence-corrected chi connectivity index (χ1v) is 6.22. The van der Waals surface area contributed by atoms with Crippen molar-refractivity contribution in [3.63, 3.8) is 0 Å². The van der Waals surface area contributed by atoms with Crippen LogP contribution in [0.2, 0.25) is 0 Å². The molecule has 1 nitrogen and oxygen atoms in total. The first-order chi connectivity index (χ1) is 7.13. The molecule has 2 heteroatoms. The second-order valence-electron chi connectivity index (χ2n) is 3.68. The van der Waals surface area contributed by atoms with Gasteiger partial charge < -0.3 is 0 Å². The second-order valence-corrected chi connectivity index (χ2v) is 4.49. The van der Waals surface area contributed by atoms with Gasteiger partial charge in [0.25, 0.3) is 0 Å². The normalized spacial score (nSPS) is 11.2. The van der Waals surface area contributed by atoms with Gasteiger partial charge in [0, 0.05) is 0 Å². The largest absolute Gasteiger partial charge is 0.282 e. The third kappa shape index (κ3) is 3.92. The van der Waals surface area contributed by atoms with Crippen LogP contribution in [0.15, 0.2) is 30.3 Å². The third-order valence-corrected chi connectivity index (χ3v) is 2.75. The van der Waals surface area contributed by atoms with Gasteiger partial charge in [-0.3, -0.25) is 4.79 Å². The highest BCUT2D eigenvalue weighted by atomic mass is 32.2. The van der Waals surface area contributed by atoms with Crippen molar-refractivity contribution in [2.24, 2.45) is 0 Å². The van der Waals surface area contributed by atoms with E-state index in [0.717, 1.165) is 5.56 Å². The molecule has 0 saturated carbocycles. The molecule has 0 aromatic heterocycles. The van der Waals surface area contributed by atoms with Crippen molar-refractivity contribution in [1.29, 1.82) is 0 Å². The van der Waals surface area contributed by atoms with Gasteiger partial charge in [0.15, 0.2) is 0 Å². The van der Waals surface area contributed by atoms with E-state index in [1.54, 1.807) is 12.3 Å². The molecule has 1 aromatic carbocycles. The zero-order chi connectivity index (χ0) is 11.3. The highest BCUT2D eigenvalue weighted by Crippen LogP contribution is 2.15. The second kappa shape index (κ2) is 5.76. The van der Waals surface area contributed by atoms with E-state index in [1.165, 1.54) is 17.3 Å². The molecule has 0 amide bonds. The molecule has 0 N–H and O–H groups in total. The lowest BCUT2D eigenvalue weighted by atomic mass is 10.0. The summed E-state index contributed by atoms with van der Waals surface area (Å²) in [4.78, 5) is 11.0. The number of carbonyl (C=O) groups excluding carboxylic acids is 1. The Morgan fingerprint density at radius 1 is 1.27 bits per heavy atom. The maximum Gasteiger partial charge on any atom is 0.211 e. The molecule has 0 bridgehead atoms. The van der Waals surface area contributed by atoms with Crippen LogP contribution in [0.5, 0.6) is 0 Å². The van der Waals surface area contributed by atoms with Crippen LogP contribution in [-0.4, -0.2) is 11.4 Å². The van der Waals surface area contributed by atoms with Crippen molar-refractivity contribution in [1.82, 2.24) is 0 Å². The van der Waals surface area contributed by atoms with Gasteiger partial charge in [-0.05, 0) is 29.4 Å². The molecule has 0 aliphatic rings. The lowest BCUT2D eigenvalue weighted by Gasteiger charge is -2.04. The maximum atomic E-state index is 11.0. The van der Waals surface area contributed by atoms with E-state index < -0.39 is 0 Å². The maximum absolute atomic E-state index is 11.0. The number of thioether (sulfide) groups is 1. The van der Waals surface area contributed by atoms with Crippen LogP contribution in [0, 0.1) is 0 Å². The Hall–Kier alpha value is -1.02. The number of carbonyl (C=O) groups is 1. The summed E-state index contributed by atoms with van der Waals surface area (Å²) >= 11 is 1.23. The Balaban J connectivity index is 2.72. The van der Waals surface area contributed by atoms with Crippen molar-refractivity contribution < 1.29 is 4.79 Å². The molecule has 0 radical (unpaired) electrons. The summed E-state index contributed by atoms with van der Waals surface area (Å²) in [5.74, 6) is 0.552. The van der Waals surface area contributed by atoms with Crippen molar-refractivity contribution in [3.05, 3.63) is 41.5 Å². The van der Waals surface area contributed by atoms with E-state index in [9.17, 15) is 4.79 Å². The van der Waals surface area contributed by atoms with Crippen LogP contribution in [0.3, 0.4) is 0 Å². The van der Waals surface area contributed by atoms with Crippen molar-refractivity contribution in [2.75, 3.05) is 6.26 Å². The third-order valence-electron chi connectivity index (χ3n) is 2.22. The van der Waals surface area contributed by atoms with E-state index in [2.05, 4.69) is 26.0 Å². The fourth-order valence-electron chi connectivity index (χ4n) is 1.22. The Bertz CT molecular complexity index is 349. The van der Waals surface area contributed by atoms with Crippen LogP contribution in [0.25, 0.3) is 6.08 Å². The van der Waals surface area contributed by atoms with E-state index in [1.807, 2.05) is 18.2 Å². The standard InChI is InChI=1S/C13H16OS/c1-10(2)12-7-4-11(5-8-12)6-9-13(14)15-3/h4-10H,1-3H3/b9-6+. The Morgan fingerprint density at radius 3 is 2.33 bits per heavy atom. The molecule has 0 atom stereocenters. The Labute approximate surface area is 95.6 Å². The molecular formula is C13H16OS. The van der Waals surface area contributed by atoms with E-state index in [0.29, 0.717) is 5.92 Å². The van der Waals surface area contributed by atoms with Crippen LogP contribution in [-0.2, 0) is 4.79 Å². The molecule has 0 spiro atoms. The van der Waals surface area contributed by atoms with Gasteiger partial charge in [-0.1, -0.05) is 56.0 Å². The molecule has 0 unspecified atom stereocenters. The van der Waals surface area contributed by atoms with Crippen LogP contribution in [0.1, 0.15) is 30.9 Å². The summed E-state index contributed by atoms with van der Waals surface area (Å²) in [6.07, 6.45) is 5.24. The van der Waals surface area contributed by atoms with Gasteiger partial charge in [0.2, 0.25) is 5.12 Å². The summed E-state index contributed by atoms with van der Waals surface area (Å²) in [7, 11) is 0. The minimum atomic E-state index is 0.0861. The molecule has 0 heterocycles. The lowest BCUT2D eigenvalue weighted by Crippen LogP contribution is -1.86. The zero-order valence-corrected chi connectivity index (χ0v) is 10.2. The summed E-state index contributed by atoms with van der Waals surface area (Å²) < 4.78 is 0. The molecule has 1 aromatic rings. The molecule has 0 fully saturated rings. The van der Waals surface area contributed by atoms with Gasteiger partial charge in [-0.2, -0.15) is 0 Å². The van der Waals surface area contributed by atoms with Crippen LogP contribution >= 0.6 is 11.8 Å². The van der Waals surface area contributed by atoms with Crippen LogP contribution < -0.4 is 0 Å². The number of rotatable bonds is 3. The fraction of sp³-hybridized carbons (Fsp3) is 0.308. The highest BCUT2D eigenvalue weighted by Gasteiger charge is 1.97. The summed E-state index contributed by atoms with van der Waals surface area (Å²) in [6, 6.07) is 8.29. The molecule has 0 aliphatic heterocycles. The molecule has 0 saturated heterocycles. The first-order valence-electron chi connectivity index (χ1n) is 4.99. The predicted octanol–water partition coefficient (Wildman–Crippen LogP) is 3.71.